The van der Waals surface area contributed by atoms with Crippen molar-refractivity contribution in [2.75, 3.05) is 53.4 Å². The van der Waals surface area contributed by atoms with E-state index >= 15 is 0 Å². The summed E-state index contributed by atoms with van der Waals surface area (Å²) in [4.78, 5) is 26.4. The molecule has 2 aliphatic heterocycles. The summed E-state index contributed by atoms with van der Waals surface area (Å²) in [7, 11) is 4.10. The number of aromatic amines is 1. The molecular formula is C14H23N5O2. The highest BCUT2D eigenvalue weighted by atomic mass is 16.5. The van der Waals surface area contributed by atoms with Crippen LogP contribution in [0.5, 0.6) is 0 Å². The Morgan fingerprint density at radius 1 is 1.33 bits per heavy atom. The van der Waals surface area contributed by atoms with Crippen LogP contribution in [0.3, 0.4) is 0 Å². The first kappa shape index (κ1) is 14.5. The molecule has 0 radical (unpaired) electrons. The summed E-state index contributed by atoms with van der Waals surface area (Å²) in [5.74, 6) is 1.02. The van der Waals surface area contributed by atoms with Crippen molar-refractivity contribution >= 4 is 5.91 Å². The Balaban J connectivity index is 1.67. The Kier molecular flexibility index (Phi) is 4.23. The van der Waals surface area contributed by atoms with Gasteiger partial charge in [0.05, 0.1) is 12.6 Å². The van der Waals surface area contributed by atoms with Crippen LogP contribution in [0.4, 0.5) is 0 Å². The molecule has 1 aromatic heterocycles. The van der Waals surface area contributed by atoms with Crippen molar-refractivity contribution in [2.24, 2.45) is 0 Å². The third-order valence-electron chi connectivity index (χ3n) is 4.34. The molecule has 0 bridgehead atoms. The van der Waals surface area contributed by atoms with E-state index in [9.17, 15) is 4.79 Å². The lowest BCUT2D eigenvalue weighted by Gasteiger charge is -2.40. The van der Waals surface area contributed by atoms with Crippen molar-refractivity contribution in [2.45, 2.75) is 12.1 Å². The molecule has 0 spiro atoms. The summed E-state index contributed by atoms with van der Waals surface area (Å²) in [6, 6.07) is 0.124. The maximum Gasteiger partial charge on any atom is 0.253 e. The lowest BCUT2D eigenvalue weighted by molar-refractivity contribution is -0.151. The smallest absolute Gasteiger partial charge is 0.253 e. The minimum atomic E-state index is -0.329. The van der Waals surface area contributed by atoms with Crippen LogP contribution in [-0.4, -0.2) is 90.1 Å². The first-order valence-corrected chi connectivity index (χ1v) is 7.43. The minimum absolute atomic E-state index is 0.103. The number of amides is 1. The number of hydrogen-bond acceptors (Lipinski definition) is 5. The molecule has 7 nitrogen and oxygen atoms in total. The lowest BCUT2D eigenvalue weighted by Crippen LogP contribution is -2.55. The van der Waals surface area contributed by atoms with Crippen LogP contribution in [0.15, 0.2) is 12.4 Å². The molecule has 7 heteroatoms. The van der Waals surface area contributed by atoms with Crippen LogP contribution in [0, 0.1) is 0 Å². The molecule has 2 saturated heterocycles. The van der Waals surface area contributed by atoms with Crippen molar-refractivity contribution < 1.29 is 9.53 Å². The molecule has 3 rings (SSSR count). The Morgan fingerprint density at radius 3 is 2.90 bits per heavy atom. The van der Waals surface area contributed by atoms with Crippen LogP contribution >= 0.6 is 0 Å². The fourth-order valence-corrected chi connectivity index (χ4v) is 2.96. The Hall–Kier alpha value is -1.44. The van der Waals surface area contributed by atoms with Gasteiger partial charge in [0.2, 0.25) is 0 Å². The quantitative estimate of drug-likeness (QED) is 0.800. The molecule has 1 N–H and O–H groups in total. The van der Waals surface area contributed by atoms with E-state index in [4.69, 9.17) is 4.74 Å². The molecule has 2 unspecified atom stereocenters. The Labute approximate surface area is 124 Å². The first-order chi connectivity index (χ1) is 10.1. The van der Waals surface area contributed by atoms with Gasteiger partial charge in [-0.2, -0.15) is 0 Å². The fourth-order valence-electron chi connectivity index (χ4n) is 2.96. The van der Waals surface area contributed by atoms with Crippen molar-refractivity contribution in [1.82, 2.24) is 24.7 Å². The number of imidazole rings is 1. The molecule has 116 valence electrons. The monoisotopic (exact) mass is 293 g/mol. The van der Waals surface area contributed by atoms with Crippen LogP contribution in [0.2, 0.25) is 0 Å². The second-order valence-corrected chi connectivity index (χ2v) is 5.88. The standard InChI is InChI=1S/C14H23N5O2/c1-17-7-8-21-12(10-17)14(20)19-6-5-18(2)11(9-19)13-15-3-4-16-13/h3-4,11-12H,5-10H2,1-2H3,(H,15,16). The second kappa shape index (κ2) is 6.13. The number of rotatable bonds is 2. The number of piperazine rings is 1. The maximum atomic E-state index is 12.6. The van der Waals surface area contributed by atoms with Gasteiger partial charge in [-0.3, -0.25) is 9.69 Å². The molecule has 0 saturated carbocycles. The minimum Gasteiger partial charge on any atom is -0.366 e. The van der Waals surface area contributed by atoms with Crippen LogP contribution in [-0.2, 0) is 9.53 Å². The average Bonchev–Trinajstić information content (AvgIpc) is 3.01. The number of hydrogen-bond donors (Lipinski definition) is 1. The summed E-state index contributed by atoms with van der Waals surface area (Å²) in [5.41, 5.74) is 0. The first-order valence-electron chi connectivity index (χ1n) is 7.43. The topological polar surface area (TPSA) is 64.7 Å². The van der Waals surface area contributed by atoms with Gasteiger partial charge in [-0.15, -0.1) is 0 Å². The number of carbonyl (C=O) groups excluding carboxylic acids is 1. The highest BCUT2D eigenvalue weighted by Gasteiger charge is 2.34. The number of nitrogens with one attached hydrogen (secondary N) is 1. The zero-order valence-electron chi connectivity index (χ0n) is 12.7. The zero-order chi connectivity index (χ0) is 14.8. The molecule has 2 atom stereocenters. The number of H-pyrrole nitrogens is 1. The summed E-state index contributed by atoms with van der Waals surface area (Å²) in [5, 5.41) is 0. The normalized spacial score (nSPS) is 28.8. The van der Waals surface area contributed by atoms with E-state index in [2.05, 4.69) is 26.8 Å². The van der Waals surface area contributed by atoms with Gasteiger partial charge in [-0.1, -0.05) is 0 Å². The van der Waals surface area contributed by atoms with E-state index in [-0.39, 0.29) is 18.1 Å². The molecule has 21 heavy (non-hydrogen) atoms. The van der Waals surface area contributed by atoms with Crippen molar-refractivity contribution in [3.8, 4) is 0 Å². The number of ether oxygens (including phenoxy) is 1. The molecule has 2 aliphatic rings. The molecule has 3 heterocycles. The average molecular weight is 293 g/mol. The van der Waals surface area contributed by atoms with Crippen LogP contribution in [0.1, 0.15) is 11.9 Å². The Bertz CT molecular complexity index is 478. The highest BCUT2D eigenvalue weighted by Crippen LogP contribution is 2.22. The molecule has 0 aliphatic carbocycles. The third-order valence-corrected chi connectivity index (χ3v) is 4.34. The van der Waals surface area contributed by atoms with Gasteiger partial charge in [0.1, 0.15) is 11.9 Å². The summed E-state index contributed by atoms with van der Waals surface area (Å²) in [6.07, 6.45) is 3.25. The van der Waals surface area contributed by atoms with Gasteiger partial charge in [0.15, 0.2) is 0 Å². The number of aromatic nitrogens is 2. The summed E-state index contributed by atoms with van der Waals surface area (Å²) < 4.78 is 5.65. The highest BCUT2D eigenvalue weighted by molar-refractivity contribution is 5.81. The van der Waals surface area contributed by atoms with Gasteiger partial charge in [0, 0.05) is 45.1 Å². The lowest BCUT2D eigenvalue weighted by atomic mass is 10.1. The molecule has 1 aromatic rings. The van der Waals surface area contributed by atoms with Crippen LogP contribution in [0.25, 0.3) is 0 Å². The van der Waals surface area contributed by atoms with Crippen LogP contribution < -0.4 is 0 Å². The van der Waals surface area contributed by atoms with E-state index in [0.717, 1.165) is 25.5 Å². The van der Waals surface area contributed by atoms with Crippen molar-refractivity contribution in [3.05, 3.63) is 18.2 Å². The van der Waals surface area contributed by atoms with Crippen molar-refractivity contribution in [3.63, 3.8) is 0 Å². The Morgan fingerprint density at radius 2 is 2.19 bits per heavy atom. The molecule has 1 amide bonds. The van der Waals surface area contributed by atoms with Gasteiger partial charge in [0.25, 0.3) is 5.91 Å². The van der Waals surface area contributed by atoms with E-state index in [0.29, 0.717) is 19.7 Å². The summed E-state index contributed by atoms with van der Waals surface area (Å²) >= 11 is 0. The predicted octanol–water partition coefficient (Wildman–Crippen LogP) is -0.445. The fraction of sp³-hybridized carbons (Fsp3) is 0.714. The number of nitrogens with zero attached hydrogens (tertiary/aromatic N) is 4. The van der Waals surface area contributed by atoms with E-state index < -0.39 is 0 Å². The molecule has 0 aromatic carbocycles. The summed E-state index contributed by atoms with van der Waals surface area (Å²) in [6.45, 7) is 4.45. The maximum absolute atomic E-state index is 12.6. The van der Waals surface area contributed by atoms with Crippen molar-refractivity contribution in [1.29, 1.82) is 0 Å². The van der Waals surface area contributed by atoms with E-state index in [1.54, 1.807) is 6.20 Å². The van der Waals surface area contributed by atoms with Gasteiger partial charge in [-0.25, -0.2) is 4.98 Å². The van der Waals surface area contributed by atoms with E-state index in [1.165, 1.54) is 0 Å². The SMILES string of the molecule is CN1CCOC(C(=O)N2CCN(C)C(c3ncc[nH]3)C2)C1. The van der Waals surface area contributed by atoms with E-state index in [1.807, 2.05) is 18.1 Å². The largest absolute Gasteiger partial charge is 0.366 e. The number of likely N-dealkylation sites (N-methyl/N-ethyl adjacent to an activating group) is 2. The molecular weight excluding hydrogens is 270 g/mol. The number of morpholine rings is 1. The third kappa shape index (κ3) is 3.09. The van der Waals surface area contributed by atoms with Gasteiger partial charge >= 0.3 is 0 Å². The second-order valence-electron chi connectivity index (χ2n) is 5.88. The van der Waals surface area contributed by atoms with Gasteiger partial charge < -0.3 is 19.5 Å². The molecule has 2 fully saturated rings. The number of carbonyl (C=O) groups is 1. The zero-order valence-corrected chi connectivity index (χ0v) is 12.7. The predicted molar refractivity (Wildman–Crippen MR) is 77.8 cm³/mol. The van der Waals surface area contributed by atoms with Gasteiger partial charge in [-0.05, 0) is 14.1 Å².